The van der Waals surface area contributed by atoms with Crippen LogP contribution in [-0.4, -0.2) is 24.6 Å². The molecule has 0 spiro atoms. The molecule has 5 heteroatoms. The standard InChI is InChI=1S/C12H17N3O2/c1-8(5-6-13)15(2)9-3-4-10-11(7-9)17-12(16)14-10/h3-4,7-8H,5-6,13H2,1-2H3,(H,14,16). The van der Waals surface area contributed by atoms with Gasteiger partial charge in [0.2, 0.25) is 0 Å². The van der Waals surface area contributed by atoms with Crippen molar-refractivity contribution in [1.29, 1.82) is 0 Å². The van der Waals surface area contributed by atoms with Gasteiger partial charge in [-0.3, -0.25) is 4.98 Å². The number of aromatic nitrogens is 1. The molecule has 2 rings (SSSR count). The van der Waals surface area contributed by atoms with Crippen molar-refractivity contribution >= 4 is 16.8 Å². The van der Waals surface area contributed by atoms with E-state index < -0.39 is 5.76 Å². The second kappa shape index (κ2) is 4.63. The highest BCUT2D eigenvalue weighted by Crippen LogP contribution is 2.21. The molecular formula is C12H17N3O2. The quantitative estimate of drug-likeness (QED) is 0.837. The number of H-pyrrole nitrogens is 1. The van der Waals surface area contributed by atoms with Crippen molar-refractivity contribution in [1.82, 2.24) is 4.98 Å². The van der Waals surface area contributed by atoms with Crippen molar-refractivity contribution < 1.29 is 4.42 Å². The van der Waals surface area contributed by atoms with Gasteiger partial charge in [-0.2, -0.15) is 0 Å². The average molecular weight is 235 g/mol. The van der Waals surface area contributed by atoms with Gasteiger partial charge in [0.15, 0.2) is 5.58 Å². The van der Waals surface area contributed by atoms with Crippen LogP contribution in [0.4, 0.5) is 5.69 Å². The molecule has 5 nitrogen and oxygen atoms in total. The highest BCUT2D eigenvalue weighted by molar-refractivity contribution is 5.77. The van der Waals surface area contributed by atoms with E-state index in [2.05, 4.69) is 16.8 Å². The number of aromatic amines is 1. The van der Waals surface area contributed by atoms with Gasteiger partial charge < -0.3 is 15.1 Å². The van der Waals surface area contributed by atoms with Crippen LogP contribution in [0.1, 0.15) is 13.3 Å². The van der Waals surface area contributed by atoms with E-state index in [1.807, 2.05) is 25.2 Å². The number of rotatable bonds is 4. The van der Waals surface area contributed by atoms with Crippen LogP contribution in [0.25, 0.3) is 11.1 Å². The van der Waals surface area contributed by atoms with Crippen molar-refractivity contribution in [3.8, 4) is 0 Å². The summed E-state index contributed by atoms with van der Waals surface area (Å²) in [4.78, 5) is 15.8. The summed E-state index contributed by atoms with van der Waals surface area (Å²) in [5, 5.41) is 0. The molecule has 0 fully saturated rings. The van der Waals surface area contributed by atoms with Gasteiger partial charge in [-0.1, -0.05) is 0 Å². The topological polar surface area (TPSA) is 75.3 Å². The molecule has 0 saturated carbocycles. The van der Waals surface area contributed by atoms with E-state index in [-0.39, 0.29) is 0 Å². The van der Waals surface area contributed by atoms with E-state index in [1.54, 1.807) is 0 Å². The fraction of sp³-hybridized carbons (Fsp3) is 0.417. The molecule has 0 saturated heterocycles. The summed E-state index contributed by atoms with van der Waals surface area (Å²) in [5.41, 5.74) is 7.87. The van der Waals surface area contributed by atoms with Gasteiger partial charge in [0.05, 0.1) is 5.52 Å². The summed E-state index contributed by atoms with van der Waals surface area (Å²) in [6.07, 6.45) is 0.922. The number of hydrogen-bond donors (Lipinski definition) is 2. The summed E-state index contributed by atoms with van der Waals surface area (Å²) in [7, 11) is 2.01. The Balaban J connectivity index is 2.32. The Labute approximate surface area is 99.2 Å². The lowest BCUT2D eigenvalue weighted by atomic mass is 10.2. The van der Waals surface area contributed by atoms with E-state index in [1.165, 1.54) is 0 Å². The molecule has 0 amide bonds. The number of nitrogens with one attached hydrogen (secondary N) is 1. The number of fused-ring (bicyclic) bond motifs is 1. The van der Waals surface area contributed by atoms with Crippen molar-refractivity contribution in [2.24, 2.45) is 5.73 Å². The maximum absolute atomic E-state index is 11.1. The molecule has 1 aromatic carbocycles. The number of nitrogens with two attached hydrogens (primary N) is 1. The zero-order chi connectivity index (χ0) is 12.4. The van der Waals surface area contributed by atoms with Crippen LogP contribution in [0.15, 0.2) is 27.4 Å². The Morgan fingerprint density at radius 2 is 2.29 bits per heavy atom. The summed E-state index contributed by atoms with van der Waals surface area (Å²) in [6, 6.07) is 6.02. The molecule has 0 aliphatic rings. The van der Waals surface area contributed by atoms with Crippen molar-refractivity contribution in [3.63, 3.8) is 0 Å². The minimum Gasteiger partial charge on any atom is -0.408 e. The first kappa shape index (κ1) is 11.7. The maximum Gasteiger partial charge on any atom is 0.417 e. The highest BCUT2D eigenvalue weighted by atomic mass is 16.4. The first-order valence-electron chi connectivity index (χ1n) is 5.67. The predicted molar refractivity (Wildman–Crippen MR) is 68.4 cm³/mol. The average Bonchev–Trinajstić information content (AvgIpc) is 2.67. The number of nitrogens with zero attached hydrogens (tertiary/aromatic N) is 1. The number of benzene rings is 1. The minimum atomic E-state index is -0.421. The molecule has 0 radical (unpaired) electrons. The molecule has 0 bridgehead atoms. The third-order valence-corrected chi connectivity index (χ3v) is 3.06. The van der Waals surface area contributed by atoms with Gasteiger partial charge >= 0.3 is 5.76 Å². The fourth-order valence-electron chi connectivity index (χ4n) is 1.84. The number of anilines is 1. The molecule has 1 atom stereocenters. The van der Waals surface area contributed by atoms with Crippen molar-refractivity contribution in [3.05, 3.63) is 28.7 Å². The zero-order valence-corrected chi connectivity index (χ0v) is 10.1. The lowest BCUT2D eigenvalue weighted by molar-refractivity contribution is 0.555. The Morgan fingerprint density at radius 3 is 3.00 bits per heavy atom. The SMILES string of the molecule is CC(CCN)N(C)c1ccc2[nH]c(=O)oc2c1. The largest absolute Gasteiger partial charge is 0.417 e. The molecular weight excluding hydrogens is 218 g/mol. The monoisotopic (exact) mass is 235 g/mol. The van der Waals surface area contributed by atoms with Crippen LogP contribution in [0.2, 0.25) is 0 Å². The molecule has 2 aromatic rings. The second-order valence-electron chi connectivity index (χ2n) is 4.23. The first-order valence-corrected chi connectivity index (χ1v) is 5.67. The highest BCUT2D eigenvalue weighted by Gasteiger charge is 2.10. The van der Waals surface area contributed by atoms with Crippen molar-refractivity contribution in [2.75, 3.05) is 18.5 Å². The smallest absolute Gasteiger partial charge is 0.408 e. The maximum atomic E-state index is 11.1. The zero-order valence-electron chi connectivity index (χ0n) is 10.1. The summed E-state index contributed by atoms with van der Waals surface area (Å²) >= 11 is 0. The summed E-state index contributed by atoms with van der Waals surface area (Å²) in [5.74, 6) is -0.421. The van der Waals surface area contributed by atoms with Crippen LogP contribution < -0.4 is 16.4 Å². The Kier molecular flexibility index (Phi) is 3.19. The molecule has 92 valence electrons. The number of oxazole rings is 1. The van der Waals surface area contributed by atoms with Crippen LogP contribution in [0.5, 0.6) is 0 Å². The van der Waals surface area contributed by atoms with Crippen LogP contribution in [0.3, 0.4) is 0 Å². The second-order valence-corrected chi connectivity index (χ2v) is 4.23. The fourth-order valence-corrected chi connectivity index (χ4v) is 1.84. The van der Waals surface area contributed by atoms with Gasteiger partial charge in [-0.05, 0) is 32.0 Å². The first-order chi connectivity index (χ1) is 8.11. The molecule has 3 N–H and O–H groups in total. The summed E-state index contributed by atoms with van der Waals surface area (Å²) < 4.78 is 5.04. The van der Waals surface area contributed by atoms with Gasteiger partial charge in [-0.15, -0.1) is 0 Å². The van der Waals surface area contributed by atoms with Gasteiger partial charge in [-0.25, -0.2) is 4.79 Å². The minimum absolute atomic E-state index is 0.350. The lowest BCUT2D eigenvalue weighted by Gasteiger charge is -2.26. The number of hydrogen-bond acceptors (Lipinski definition) is 4. The molecule has 0 aliphatic carbocycles. The Hall–Kier alpha value is -1.75. The molecule has 1 heterocycles. The normalized spacial score (nSPS) is 12.9. The van der Waals surface area contributed by atoms with E-state index in [4.69, 9.17) is 10.2 Å². The Morgan fingerprint density at radius 1 is 1.53 bits per heavy atom. The van der Waals surface area contributed by atoms with Crippen LogP contribution in [0, 0.1) is 0 Å². The molecule has 1 aromatic heterocycles. The van der Waals surface area contributed by atoms with E-state index in [9.17, 15) is 4.79 Å². The van der Waals surface area contributed by atoms with Crippen molar-refractivity contribution in [2.45, 2.75) is 19.4 Å². The van der Waals surface area contributed by atoms with Gasteiger partial charge in [0.25, 0.3) is 0 Å². The lowest BCUT2D eigenvalue weighted by Crippen LogP contribution is -2.30. The molecule has 1 unspecified atom stereocenters. The van der Waals surface area contributed by atoms with Crippen LogP contribution in [-0.2, 0) is 0 Å². The summed E-state index contributed by atoms with van der Waals surface area (Å²) in [6.45, 7) is 2.78. The van der Waals surface area contributed by atoms with E-state index in [0.717, 1.165) is 17.6 Å². The Bertz CT molecular complexity index is 558. The van der Waals surface area contributed by atoms with Gasteiger partial charge in [0, 0.05) is 24.8 Å². The van der Waals surface area contributed by atoms with Crippen LogP contribution >= 0.6 is 0 Å². The third-order valence-electron chi connectivity index (χ3n) is 3.06. The predicted octanol–water partition coefficient (Wildman–Crippen LogP) is 1.29. The molecule has 17 heavy (non-hydrogen) atoms. The van der Waals surface area contributed by atoms with Gasteiger partial charge in [0.1, 0.15) is 0 Å². The molecule has 0 aliphatic heterocycles. The third kappa shape index (κ3) is 2.34. The van der Waals surface area contributed by atoms with E-state index >= 15 is 0 Å². The van der Waals surface area contributed by atoms with E-state index in [0.29, 0.717) is 18.2 Å².